The molecule has 3 rings (SSSR count). The summed E-state index contributed by atoms with van der Waals surface area (Å²) >= 11 is 5.25. The Hall–Kier alpha value is -2.72. The van der Waals surface area contributed by atoms with E-state index in [1.54, 1.807) is 0 Å². The highest BCUT2D eigenvalue weighted by atomic mass is 32.1. The predicted molar refractivity (Wildman–Crippen MR) is 102 cm³/mol. The fraction of sp³-hybridized carbons (Fsp3) is 0.100. The van der Waals surface area contributed by atoms with E-state index in [9.17, 15) is 4.79 Å². The van der Waals surface area contributed by atoms with E-state index >= 15 is 0 Å². The molecule has 1 aliphatic heterocycles. The zero-order chi connectivity index (χ0) is 16.9. The highest BCUT2D eigenvalue weighted by molar-refractivity contribution is 7.80. The third-order valence-electron chi connectivity index (χ3n) is 3.86. The lowest BCUT2D eigenvalue weighted by Crippen LogP contribution is -2.48. The van der Waals surface area contributed by atoms with Crippen LogP contribution in [-0.4, -0.2) is 16.9 Å². The van der Waals surface area contributed by atoms with Gasteiger partial charge in [-0.3, -0.25) is 4.79 Å². The third kappa shape index (κ3) is 3.60. The first-order valence-corrected chi connectivity index (χ1v) is 8.17. The monoisotopic (exact) mass is 334 g/mol. The molecule has 0 amide bonds. The van der Waals surface area contributed by atoms with Crippen molar-refractivity contribution >= 4 is 29.2 Å². The van der Waals surface area contributed by atoms with Gasteiger partial charge in [0.15, 0.2) is 10.9 Å². The van der Waals surface area contributed by atoms with Gasteiger partial charge < -0.3 is 10.6 Å². The number of nitrogens with one attached hydrogen (secondary N) is 2. The first kappa shape index (κ1) is 16.1. The van der Waals surface area contributed by atoms with E-state index in [-0.39, 0.29) is 11.8 Å². The normalized spacial score (nSPS) is 17.5. The lowest BCUT2D eigenvalue weighted by molar-refractivity contribution is 0.102. The van der Waals surface area contributed by atoms with Gasteiger partial charge >= 0.3 is 0 Å². The van der Waals surface area contributed by atoms with Crippen molar-refractivity contribution in [2.45, 2.75) is 13.0 Å². The van der Waals surface area contributed by atoms with Crippen LogP contribution in [-0.2, 0) is 0 Å². The fourth-order valence-electron chi connectivity index (χ4n) is 2.69. The van der Waals surface area contributed by atoms with E-state index in [2.05, 4.69) is 10.6 Å². The molecule has 1 aliphatic rings. The summed E-state index contributed by atoms with van der Waals surface area (Å²) in [6.07, 6.45) is 3.97. The molecular formula is C20H18N2OS. The maximum absolute atomic E-state index is 12.9. The first-order valence-electron chi connectivity index (χ1n) is 7.76. The number of Topliss-reactive ketones (excluding diaryl/α,β-unsaturated/α-hetero) is 1. The Kier molecular flexibility index (Phi) is 4.87. The quantitative estimate of drug-likeness (QED) is 0.661. The maximum atomic E-state index is 12.9. The zero-order valence-corrected chi connectivity index (χ0v) is 14.1. The number of allylic oxidation sites excluding steroid dienone is 1. The second-order valence-electron chi connectivity index (χ2n) is 5.58. The van der Waals surface area contributed by atoms with Crippen molar-refractivity contribution in [1.82, 2.24) is 10.6 Å². The lowest BCUT2D eigenvalue weighted by Gasteiger charge is -2.28. The van der Waals surface area contributed by atoms with Gasteiger partial charge in [0.1, 0.15) is 0 Å². The molecule has 0 aromatic heterocycles. The first-order chi connectivity index (χ1) is 11.6. The minimum absolute atomic E-state index is 0.00156. The second-order valence-corrected chi connectivity index (χ2v) is 5.99. The van der Waals surface area contributed by atoms with Crippen LogP contribution in [0.3, 0.4) is 0 Å². The Bertz CT molecular complexity index is 810. The molecule has 120 valence electrons. The van der Waals surface area contributed by atoms with Crippen molar-refractivity contribution in [3.05, 3.63) is 89.1 Å². The zero-order valence-electron chi connectivity index (χ0n) is 13.3. The van der Waals surface area contributed by atoms with Gasteiger partial charge in [0.05, 0.1) is 6.04 Å². The highest BCUT2D eigenvalue weighted by Gasteiger charge is 2.27. The van der Waals surface area contributed by atoms with Crippen LogP contribution in [0.15, 0.2) is 78.0 Å². The molecule has 1 heterocycles. The fourth-order valence-corrected chi connectivity index (χ4v) is 2.97. The van der Waals surface area contributed by atoms with Gasteiger partial charge in [-0.1, -0.05) is 72.8 Å². The van der Waals surface area contributed by atoms with E-state index in [4.69, 9.17) is 12.2 Å². The number of thiocarbonyl (C=S) groups is 1. The Balaban J connectivity index is 1.94. The Morgan fingerprint density at radius 1 is 1.04 bits per heavy atom. The molecule has 4 heteroatoms. The second kappa shape index (κ2) is 7.23. The molecule has 0 radical (unpaired) electrons. The molecule has 3 nitrogen and oxygen atoms in total. The SMILES string of the molecule is CC1=C(C(=O)c2ccccc2)C(/C=C/c2ccccc2)NC(=S)N1. The van der Waals surface area contributed by atoms with Gasteiger partial charge in [-0.25, -0.2) is 0 Å². The summed E-state index contributed by atoms with van der Waals surface area (Å²) in [6.45, 7) is 1.88. The Morgan fingerprint density at radius 3 is 2.33 bits per heavy atom. The number of benzene rings is 2. The molecule has 1 atom stereocenters. The van der Waals surface area contributed by atoms with Gasteiger partial charge in [-0.05, 0) is 24.7 Å². The van der Waals surface area contributed by atoms with Crippen LogP contribution >= 0.6 is 12.2 Å². The average molecular weight is 334 g/mol. The summed E-state index contributed by atoms with van der Waals surface area (Å²) in [5.74, 6) is -0.00156. The summed E-state index contributed by atoms with van der Waals surface area (Å²) in [5, 5.41) is 6.75. The van der Waals surface area contributed by atoms with Crippen LogP contribution < -0.4 is 10.6 Å². The molecule has 1 unspecified atom stereocenters. The van der Waals surface area contributed by atoms with Gasteiger partial charge in [0.2, 0.25) is 0 Å². The van der Waals surface area contributed by atoms with Crippen LogP contribution in [0.4, 0.5) is 0 Å². The Labute approximate surface area is 147 Å². The van der Waals surface area contributed by atoms with Crippen molar-refractivity contribution < 1.29 is 4.79 Å². The van der Waals surface area contributed by atoms with Crippen LogP contribution in [0.2, 0.25) is 0 Å². The molecule has 0 aliphatic carbocycles. The number of hydrogen-bond acceptors (Lipinski definition) is 2. The average Bonchev–Trinajstić information content (AvgIpc) is 2.60. The van der Waals surface area contributed by atoms with Gasteiger partial charge in [0, 0.05) is 16.8 Å². The van der Waals surface area contributed by atoms with Gasteiger partial charge in [-0.2, -0.15) is 0 Å². The van der Waals surface area contributed by atoms with E-state index in [0.717, 1.165) is 11.3 Å². The molecule has 0 spiro atoms. The van der Waals surface area contributed by atoms with Crippen molar-refractivity contribution in [2.75, 3.05) is 0 Å². The molecule has 0 saturated carbocycles. The summed E-state index contributed by atoms with van der Waals surface area (Å²) in [7, 11) is 0. The minimum atomic E-state index is -0.258. The highest BCUT2D eigenvalue weighted by Crippen LogP contribution is 2.20. The van der Waals surface area contributed by atoms with Crippen molar-refractivity contribution in [3.63, 3.8) is 0 Å². The number of rotatable bonds is 4. The standard InChI is InChI=1S/C20H18N2OS/c1-14-18(19(23)16-10-6-3-7-11-16)17(22-20(24)21-14)13-12-15-8-4-2-5-9-15/h2-13,17H,1H3,(H2,21,22,24)/b13-12+. The van der Waals surface area contributed by atoms with Gasteiger partial charge in [0.25, 0.3) is 0 Å². The summed E-state index contributed by atoms with van der Waals surface area (Å²) in [5.41, 5.74) is 3.21. The number of ketones is 1. The molecular weight excluding hydrogens is 316 g/mol. The largest absolute Gasteiger partial charge is 0.352 e. The molecule has 0 fully saturated rings. The molecule has 2 aromatic rings. The maximum Gasteiger partial charge on any atom is 0.193 e. The predicted octanol–water partition coefficient (Wildman–Crippen LogP) is 3.70. The van der Waals surface area contributed by atoms with Gasteiger partial charge in [-0.15, -0.1) is 0 Å². The smallest absolute Gasteiger partial charge is 0.193 e. The van der Waals surface area contributed by atoms with E-state index in [1.807, 2.05) is 79.7 Å². The number of carbonyl (C=O) groups is 1. The minimum Gasteiger partial charge on any atom is -0.352 e. The van der Waals surface area contributed by atoms with Crippen LogP contribution in [0.25, 0.3) is 6.08 Å². The molecule has 0 saturated heterocycles. The molecule has 24 heavy (non-hydrogen) atoms. The molecule has 0 bridgehead atoms. The van der Waals surface area contributed by atoms with Crippen LogP contribution in [0.1, 0.15) is 22.8 Å². The van der Waals surface area contributed by atoms with Crippen molar-refractivity contribution in [1.29, 1.82) is 0 Å². The summed E-state index contributed by atoms with van der Waals surface area (Å²) < 4.78 is 0. The van der Waals surface area contributed by atoms with E-state index < -0.39 is 0 Å². The molecule has 2 N–H and O–H groups in total. The third-order valence-corrected chi connectivity index (χ3v) is 4.08. The van der Waals surface area contributed by atoms with Crippen LogP contribution in [0.5, 0.6) is 0 Å². The van der Waals surface area contributed by atoms with Crippen LogP contribution in [0, 0.1) is 0 Å². The summed E-state index contributed by atoms with van der Waals surface area (Å²) in [4.78, 5) is 12.9. The number of carbonyl (C=O) groups excluding carboxylic acids is 1. The lowest BCUT2D eigenvalue weighted by atomic mass is 9.93. The summed E-state index contributed by atoms with van der Waals surface area (Å²) in [6, 6.07) is 19.0. The number of hydrogen-bond donors (Lipinski definition) is 2. The topological polar surface area (TPSA) is 41.1 Å². The van der Waals surface area contributed by atoms with Crippen molar-refractivity contribution in [3.8, 4) is 0 Å². The van der Waals surface area contributed by atoms with E-state index in [1.165, 1.54) is 0 Å². The Morgan fingerprint density at radius 2 is 1.67 bits per heavy atom. The molecule has 2 aromatic carbocycles. The van der Waals surface area contributed by atoms with E-state index in [0.29, 0.717) is 16.2 Å². The van der Waals surface area contributed by atoms with Crippen molar-refractivity contribution in [2.24, 2.45) is 0 Å².